The molecule has 0 spiro atoms. The molecule has 0 rings (SSSR count). The molecule has 0 aliphatic carbocycles. The van der Waals surface area contributed by atoms with Gasteiger partial charge in [-0.3, -0.25) is 13.7 Å². The van der Waals surface area contributed by atoms with Crippen LogP contribution >= 0.6 is 22.8 Å². The van der Waals surface area contributed by atoms with E-state index in [0.717, 1.165) is 0 Å². The predicted octanol–water partition coefficient (Wildman–Crippen LogP) is -1.31. The van der Waals surface area contributed by atoms with Crippen LogP contribution in [0.25, 0.3) is 0 Å². The van der Waals surface area contributed by atoms with Crippen LogP contribution in [0, 0.1) is 0 Å². The average molecular weight is 311 g/mol. The molecule has 1 atom stereocenters. The van der Waals surface area contributed by atoms with E-state index in [9.17, 15) is 13.7 Å². The molecular formula is C4H12NO9P3. The fourth-order valence-electron chi connectivity index (χ4n) is 0.881. The Morgan fingerprint density at radius 2 is 1.47 bits per heavy atom. The third-order valence-electron chi connectivity index (χ3n) is 1.46. The van der Waals surface area contributed by atoms with Crippen molar-refractivity contribution in [1.82, 2.24) is 0 Å². The number of hydrogen-bond acceptors (Lipinski definition) is 4. The Balaban J connectivity index is 5.44. The van der Waals surface area contributed by atoms with Gasteiger partial charge in [-0.25, -0.2) is 0 Å². The molecule has 102 valence electrons. The Morgan fingerprint density at radius 3 is 1.71 bits per heavy atom. The van der Waals surface area contributed by atoms with Crippen molar-refractivity contribution in [2.45, 2.75) is 5.78 Å². The van der Waals surface area contributed by atoms with Gasteiger partial charge in [0.25, 0.3) is 0 Å². The molecule has 13 heteroatoms. The maximum atomic E-state index is 10.8. The minimum atomic E-state index is -4.96. The van der Waals surface area contributed by atoms with E-state index in [4.69, 9.17) is 35.1 Å². The molecule has 0 amide bonds. The summed E-state index contributed by atoms with van der Waals surface area (Å²) in [5.74, 6) is -2.13. The van der Waals surface area contributed by atoms with Gasteiger partial charge in [-0.1, -0.05) is 0 Å². The lowest BCUT2D eigenvalue weighted by atomic mass is 10.3. The summed E-state index contributed by atoms with van der Waals surface area (Å²) in [5.41, 5.74) is 4.10. The Kier molecular flexibility index (Phi) is 5.47. The van der Waals surface area contributed by atoms with Crippen molar-refractivity contribution >= 4 is 22.8 Å². The van der Waals surface area contributed by atoms with Gasteiger partial charge in [0.05, 0.1) is 6.16 Å². The van der Waals surface area contributed by atoms with Crippen LogP contribution in [0.4, 0.5) is 0 Å². The van der Waals surface area contributed by atoms with Crippen LogP contribution in [0.3, 0.4) is 0 Å². The van der Waals surface area contributed by atoms with Crippen molar-refractivity contribution in [3.63, 3.8) is 0 Å². The summed E-state index contributed by atoms with van der Waals surface area (Å²) in [5, 5.41) is 0. The van der Waals surface area contributed by atoms with Crippen molar-refractivity contribution in [3.05, 3.63) is 11.4 Å². The van der Waals surface area contributed by atoms with Gasteiger partial charge < -0.3 is 35.1 Å². The predicted molar refractivity (Wildman–Crippen MR) is 57.1 cm³/mol. The monoisotopic (exact) mass is 311 g/mol. The first-order valence-electron chi connectivity index (χ1n) is 3.84. The molecule has 0 fully saturated rings. The van der Waals surface area contributed by atoms with Gasteiger partial charge in [0.2, 0.25) is 0 Å². The summed E-state index contributed by atoms with van der Waals surface area (Å²) in [7, 11) is -14.6. The molecule has 0 radical (unpaired) electrons. The lowest BCUT2D eigenvalue weighted by molar-refractivity contribution is 0.362. The van der Waals surface area contributed by atoms with Gasteiger partial charge in [0.15, 0.2) is 0 Å². The van der Waals surface area contributed by atoms with Gasteiger partial charge in [0, 0.05) is 5.82 Å². The second-order valence-corrected chi connectivity index (χ2v) is 7.97. The molecule has 0 bridgehead atoms. The van der Waals surface area contributed by atoms with E-state index in [1.54, 1.807) is 0 Å². The lowest BCUT2D eigenvalue weighted by Gasteiger charge is -2.18. The van der Waals surface area contributed by atoms with Crippen LogP contribution in [0.1, 0.15) is 0 Å². The zero-order valence-corrected chi connectivity index (χ0v) is 10.9. The largest absolute Gasteiger partial charge is 0.349 e. The molecule has 1 unspecified atom stereocenters. The second-order valence-electron chi connectivity index (χ2n) is 3.15. The number of nitrogens with two attached hydrogens (primary N) is 1. The van der Waals surface area contributed by atoms with E-state index >= 15 is 0 Å². The molecule has 0 aromatic rings. The van der Waals surface area contributed by atoms with Crippen molar-refractivity contribution in [2.24, 2.45) is 5.73 Å². The first-order chi connectivity index (χ1) is 7.22. The van der Waals surface area contributed by atoms with E-state index in [0.29, 0.717) is 0 Å². The van der Waals surface area contributed by atoms with Crippen molar-refractivity contribution in [3.8, 4) is 0 Å². The van der Waals surface area contributed by atoms with E-state index in [2.05, 4.69) is 0 Å². The number of rotatable bonds is 5. The van der Waals surface area contributed by atoms with Crippen molar-refractivity contribution in [2.75, 3.05) is 6.16 Å². The van der Waals surface area contributed by atoms with Crippen molar-refractivity contribution in [1.29, 1.82) is 0 Å². The van der Waals surface area contributed by atoms with E-state index in [-0.39, 0.29) is 5.82 Å². The van der Waals surface area contributed by atoms with Crippen LogP contribution < -0.4 is 5.73 Å². The molecule has 10 nitrogen and oxygen atoms in total. The fourth-order valence-corrected chi connectivity index (χ4v) is 3.33. The first kappa shape index (κ1) is 17.2. The van der Waals surface area contributed by atoms with E-state index in [1.165, 1.54) is 0 Å². The third-order valence-corrected chi connectivity index (χ3v) is 3.97. The molecule has 0 aliphatic rings. The molecule has 0 aromatic heterocycles. The maximum absolute atomic E-state index is 10.8. The van der Waals surface area contributed by atoms with Crippen LogP contribution in [0.2, 0.25) is 0 Å². The third kappa shape index (κ3) is 7.96. The van der Waals surface area contributed by atoms with Crippen LogP contribution in [-0.4, -0.2) is 41.3 Å². The minimum absolute atomic E-state index is 0.0514. The van der Waals surface area contributed by atoms with Gasteiger partial charge in [-0.15, -0.1) is 0 Å². The van der Waals surface area contributed by atoms with Gasteiger partial charge in [-0.05, 0) is 5.57 Å². The maximum Gasteiger partial charge on any atom is 0.349 e. The molecule has 0 saturated carbocycles. The second kappa shape index (κ2) is 5.42. The van der Waals surface area contributed by atoms with Gasteiger partial charge >= 0.3 is 22.8 Å². The molecule has 8 N–H and O–H groups in total. The van der Waals surface area contributed by atoms with E-state index < -0.39 is 40.3 Å². The highest BCUT2D eigenvalue weighted by Gasteiger charge is 2.33. The SMILES string of the molecule is NC(C(=CP(=O)(O)O)CP(=O)(O)O)P(=O)(O)O. The summed E-state index contributed by atoms with van der Waals surface area (Å²) in [6, 6.07) is 0. The van der Waals surface area contributed by atoms with Crippen LogP contribution in [-0.2, 0) is 13.7 Å². The fraction of sp³-hybridized carbons (Fsp3) is 0.500. The lowest BCUT2D eigenvalue weighted by Crippen LogP contribution is -2.24. The highest BCUT2D eigenvalue weighted by molar-refractivity contribution is 7.56. The topological polar surface area (TPSA) is 199 Å². The Bertz CT molecular complexity index is 439. The zero-order valence-electron chi connectivity index (χ0n) is 8.19. The normalized spacial score (nSPS) is 17.0. The Labute approximate surface area is 95.6 Å². The molecule has 0 heterocycles. The molecule has 17 heavy (non-hydrogen) atoms. The minimum Gasteiger partial charge on any atom is -0.324 e. The standard InChI is InChI=1S/C4H12NO9P3/c5-4(17(12,13)14)3(1-15(6,7)8)2-16(9,10)11/h1,4H,2,5H2,(H2,6,7,8)(H2,9,10,11)(H2,12,13,14). The molecule has 0 saturated heterocycles. The first-order valence-corrected chi connectivity index (χ1v) is 9.01. The van der Waals surface area contributed by atoms with E-state index in [1.807, 2.05) is 0 Å². The summed E-state index contributed by atoms with van der Waals surface area (Å²) in [6.45, 7) is 0. The summed E-state index contributed by atoms with van der Waals surface area (Å²) >= 11 is 0. The summed E-state index contributed by atoms with van der Waals surface area (Å²) < 4.78 is 32.0. The van der Waals surface area contributed by atoms with Crippen LogP contribution in [0.5, 0.6) is 0 Å². The number of hydrogen-bond donors (Lipinski definition) is 7. The zero-order chi connectivity index (χ0) is 14.1. The molecular weight excluding hydrogens is 299 g/mol. The summed E-state index contributed by atoms with van der Waals surface area (Å²) in [4.78, 5) is 51.7. The molecule has 0 aliphatic heterocycles. The molecule has 0 aromatic carbocycles. The van der Waals surface area contributed by atoms with Crippen LogP contribution in [0.15, 0.2) is 11.4 Å². The highest BCUT2D eigenvalue weighted by Crippen LogP contribution is 2.49. The smallest absolute Gasteiger partial charge is 0.324 e. The highest BCUT2D eigenvalue weighted by atomic mass is 31.2. The van der Waals surface area contributed by atoms with Gasteiger partial charge in [0.1, 0.15) is 5.78 Å². The summed E-state index contributed by atoms with van der Waals surface area (Å²) in [6.07, 6.45) is -1.25. The quantitative estimate of drug-likeness (QED) is 0.299. The van der Waals surface area contributed by atoms with Crippen molar-refractivity contribution < 1.29 is 43.1 Å². The Hall–Kier alpha value is 0.150. The van der Waals surface area contributed by atoms with Gasteiger partial charge in [-0.2, -0.15) is 0 Å². The Morgan fingerprint density at radius 1 is 1.06 bits per heavy atom. The average Bonchev–Trinajstić information content (AvgIpc) is 1.94.